The van der Waals surface area contributed by atoms with Crippen molar-refractivity contribution in [3.63, 3.8) is 0 Å². The summed E-state index contributed by atoms with van der Waals surface area (Å²) in [5.41, 5.74) is 1.66. The van der Waals surface area contributed by atoms with Crippen LogP contribution >= 0.6 is 0 Å². The van der Waals surface area contributed by atoms with Gasteiger partial charge in [-0.1, -0.05) is 30.3 Å². The van der Waals surface area contributed by atoms with E-state index in [2.05, 4.69) is 26.4 Å². The molecule has 2 aromatic carbocycles. The number of benzene rings is 2. The lowest BCUT2D eigenvalue weighted by molar-refractivity contribution is 0.405. The molecule has 8 heteroatoms. The summed E-state index contributed by atoms with van der Waals surface area (Å²) in [5.74, 6) is -0.200. The number of halogens is 1. The van der Waals surface area contributed by atoms with Crippen molar-refractivity contribution in [2.24, 2.45) is 0 Å². The largest absolute Gasteiger partial charge is 0.370 e. The summed E-state index contributed by atoms with van der Waals surface area (Å²) in [7, 11) is 4.01. The zero-order valence-corrected chi connectivity index (χ0v) is 19.1. The molecule has 0 unspecified atom stereocenters. The van der Waals surface area contributed by atoms with E-state index in [1.54, 1.807) is 60.7 Å². The maximum atomic E-state index is 15.1. The van der Waals surface area contributed by atoms with Gasteiger partial charge in [0.25, 0.3) is 5.56 Å². The molecular formula is C26H25FN6O. The first-order valence-corrected chi connectivity index (χ1v) is 11.0. The second-order valence-corrected chi connectivity index (χ2v) is 8.28. The zero-order valence-electron chi connectivity index (χ0n) is 19.1. The number of pyridine rings is 1. The molecule has 0 saturated heterocycles. The van der Waals surface area contributed by atoms with Crippen molar-refractivity contribution in [3.8, 4) is 17.3 Å². The predicted molar refractivity (Wildman–Crippen MR) is 131 cm³/mol. The van der Waals surface area contributed by atoms with Crippen LogP contribution in [0.5, 0.6) is 0 Å². The molecule has 0 fully saturated rings. The third kappa shape index (κ3) is 5.11. The normalized spacial score (nSPS) is 11.0. The number of hydrogen-bond donors (Lipinski definition) is 1. The first-order chi connectivity index (χ1) is 16.5. The molecule has 1 N–H and O–H groups in total. The quantitative estimate of drug-likeness (QED) is 0.320. The number of nitriles is 1. The van der Waals surface area contributed by atoms with Gasteiger partial charge in [0.15, 0.2) is 0 Å². The molecule has 4 rings (SSSR count). The van der Waals surface area contributed by atoms with Crippen molar-refractivity contribution < 1.29 is 4.39 Å². The Bertz CT molecular complexity index is 1410. The van der Waals surface area contributed by atoms with E-state index in [1.807, 2.05) is 14.1 Å². The van der Waals surface area contributed by atoms with E-state index >= 15 is 4.39 Å². The summed E-state index contributed by atoms with van der Waals surface area (Å²) in [6.45, 7) is 1.80. The predicted octanol–water partition coefficient (Wildman–Crippen LogP) is 3.88. The smallest absolute Gasteiger partial charge is 0.274 e. The number of nitrogens with one attached hydrogen (secondary N) is 1. The van der Waals surface area contributed by atoms with Crippen LogP contribution in [0, 0.1) is 17.3 Å². The molecule has 4 aromatic rings. The Hall–Kier alpha value is -4.09. The van der Waals surface area contributed by atoms with E-state index in [9.17, 15) is 4.79 Å². The van der Waals surface area contributed by atoms with Gasteiger partial charge in [-0.05, 0) is 63.0 Å². The SMILES string of the molecule is CN(C)CCCNc1ccc(-c2nn(Cc3ccc(C#N)cc3)c(=O)c3ccccc23)c(F)n1. The minimum absolute atomic E-state index is 0.197. The van der Waals surface area contributed by atoms with Gasteiger partial charge >= 0.3 is 0 Å². The van der Waals surface area contributed by atoms with Crippen LogP contribution in [0.15, 0.2) is 65.5 Å². The molecular weight excluding hydrogens is 431 g/mol. The first kappa shape index (κ1) is 23.1. The average Bonchev–Trinajstić information content (AvgIpc) is 2.84. The van der Waals surface area contributed by atoms with Gasteiger partial charge in [0, 0.05) is 11.9 Å². The Morgan fingerprint density at radius 3 is 2.47 bits per heavy atom. The Kier molecular flexibility index (Phi) is 6.95. The number of aromatic nitrogens is 3. The van der Waals surface area contributed by atoms with Crippen LogP contribution in [-0.4, -0.2) is 46.8 Å². The van der Waals surface area contributed by atoms with Crippen LogP contribution in [-0.2, 0) is 6.54 Å². The molecule has 2 heterocycles. The molecule has 7 nitrogen and oxygen atoms in total. The van der Waals surface area contributed by atoms with Crippen molar-refractivity contribution in [3.05, 3.63) is 88.1 Å². The number of nitrogens with zero attached hydrogens (tertiary/aromatic N) is 5. The molecule has 0 atom stereocenters. The topological polar surface area (TPSA) is 86.8 Å². The highest BCUT2D eigenvalue weighted by Gasteiger charge is 2.17. The van der Waals surface area contributed by atoms with Crippen molar-refractivity contribution in [1.29, 1.82) is 5.26 Å². The van der Waals surface area contributed by atoms with E-state index in [-0.39, 0.29) is 17.7 Å². The summed E-state index contributed by atoms with van der Waals surface area (Å²) >= 11 is 0. The molecule has 172 valence electrons. The van der Waals surface area contributed by atoms with Crippen molar-refractivity contribution in [2.45, 2.75) is 13.0 Å². The summed E-state index contributed by atoms with van der Waals surface area (Å²) < 4.78 is 16.5. The number of fused-ring (bicyclic) bond motifs is 1. The molecule has 0 saturated carbocycles. The summed E-state index contributed by atoms with van der Waals surface area (Å²) in [6.07, 6.45) is 0.907. The van der Waals surface area contributed by atoms with Gasteiger partial charge < -0.3 is 10.2 Å². The maximum Gasteiger partial charge on any atom is 0.274 e. The Labute approximate surface area is 197 Å². The molecule has 2 aromatic heterocycles. The summed E-state index contributed by atoms with van der Waals surface area (Å²) in [4.78, 5) is 19.3. The van der Waals surface area contributed by atoms with Crippen LogP contribution in [0.4, 0.5) is 10.2 Å². The van der Waals surface area contributed by atoms with E-state index in [1.165, 1.54) is 4.68 Å². The molecule has 0 aliphatic heterocycles. The fraction of sp³-hybridized carbons (Fsp3) is 0.231. The molecule has 0 aliphatic carbocycles. The van der Waals surface area contributed by atoms with E-state index in [4.69, 9.17) is 5.26 Å². The number of anilines is 1. The van der Waals surface area contributed by atoms with Gasteiger partial charge in [0.1, 0.15) is 11.5 Å². The summed E-state index contributed by atoms with van der Waals surface area (Å²) in [5, 5.41) is 17.7. The Morgan fingerprint density at radius 2 is 1.79 bits per heavy atom. The minimum atomic E-state index is -0.654. The second-order valence-electron chi connectivity index (χ2n) is 8.28. The number of rotatable bonds is 8. The van der Waals surface area contributed by atoms with Gasteiger partial charge in [0.05, 0.1) is 29.1 Å². The lowest BCUT2D eigenvalue weighted by Crippen LogP contribution is -2.24. The molecule has 0 spiro atoms. The Morgan fingerprint density at radius 1 is 1.06 bits per heavy atom. The molecule has 0 amide bonds. The Balaban J connectivity index is 1.70. The molecule has 0 aliphatic rings. The fourth-order valence-electron chi connectivity index (χ4n) is 3.72. The van der Waals surface area contributed by atoms with Crippen molar-refractivity contribution >= 4 is 16.6 Å². The van der Waals surface area contributed by atoms with Gasteiger partial charge in [-0.2, -0.15) is 14.8 Å². The van der Waals surface area contributed by atoms with Crippen LogP contribution in [0.2, 0.25) is 0 Å². The minimum Gasteiger partial charge on any atom is -0.370 e. The standard InChI is InChI=1S/C26H25FN6O/c1-32(2)15-5-14-29-23-13-12-22(25(27)30-23)24-20-6-3-4-7-21(20)26(34)33(31-24)17-19-10-8-18(16-28)9-11-19/h3-4,6-13H,5,14-15,17H2,1-2H3,(H,29,30). The van der Waals surface area contributed by atoms with Gasteiger partial charge in [-0.3, -0.25) is 4.79 Å². The van der Waals surface area contributed by atoms with Crippen LogP contribution < -0.4 is 10.9 Å². The highest BCUT2D eigenvalue weighted by Crippen LogP contribution is 2.27. The zero-order chi connectivity index (χ0) is 24.1. The van der Waals surface area contributed by atoms with Crippen molar-refractivity contribution in [2.75, 3.05) is 32.5 Å². The highest BCUT2D eigenvalue weighted by molar-refractivity contribution is 5.93. The van der Waals surface area contributed by atoms with E-state index < -0.39 is 5.95 Å². The van der Waals surface area contributed by atoms with Gasteiger partial charge in [-0.25, -0.2) is 9.67 Å². The first-order valence-electron chi connectivity index (χ1n) is 11.0. The monoisotopic (exact) mass is 456 g/mol. The number of hydrogen-bond acceptors (Lipinski definition) is 6. The maximum absolute atomic E-state index is 15.1. The van der Waals surface area contributed by atoms with Gasteiger partial charge in [0.2, 0.25) is 5.95 Å². The van der Waals surface area contributed by atoms with Gasteiger partial charge in [-0.15, -0.1) is 0 Å². The van der Waals surface area contributed by atoms with Crippen LogP contribution in [0.3, 0.4) is 0 Å². The highest BCUT2D eigenvalue weighted by atomic mass is 19.1. The second kappa shape index (κ2) is 10.2. The van der Waals surface area contributed by atoms with Crippen LogP contribution in [0.1, 0.15) is 17.5 Å². The lowest BCUT2D eigenvalue weighted by atomic mass is 10.1. The summed E-state index contributed by atoms with van der Waals surface area (Å²) in [6, 6.07) is 19.4. The van der Waals surface area contributed by atoms with Crippen LogP contribution in [0.25, 0.3) is 22.0 Å². The molecule has 34 heavy (non-hydrogen) atoms. The van der Waals surface area contributed by atoms with E-state index in [0.717, 1.165) is 18.5 Å². The third-order valence-corrected chi connectivity index (χ3v) is 5.48. The molecule has 0 bridgehead atoms. The third-order valence-electron chi connectivity index (χ3n) is 5.48. The lowest BCUT2D eigenvalue weighted by Gasteiger charge is -2.13. The average molecular weight is 457 g/mol. The fourth-order valence-corrected chi connectivity index (χ4v) is 3.72. The van der Waals surface area contributed by atoms with Crippen molar-refractivity contribution in [1.82, 2.24) is 19.7 Å². The van der Waals surface area contributed by atoms with E-state index in [0.29, 0.717) is 34.4 Å². The molecule has 0 radical (unpaired) electrons.